The molecule has 0 aliphatic heterocycles. The molecule has 2 unspecified atom stereocenters. The van der Waals surface area contributed by atoms with E-state index in [1.165, 1.54) is 24.1 Å². The van der Waals surface area contributed by atoms with Gasteiger partial charge in [0.1, 0.15) is 0 Å². The van der Waals surface area contributed by atoms with E-state index < -0.39 is 8.07 Å². The Morgan fingerprint density at radius 1 is 1.36 bits per heavy atom. The predicted octanol–water partition coefficient (Wildman–Crippen LogP) is 3.54. The average Bonchev–Trinajstić information content (AvgIpc) is 2.03. The van der Waals surface area contributed by atoms with E-state index in [0.717, 1.165) is 0 Å². The van der Waals surface area contributed by atoms with Gasteiger partial charge < -0.3 is 4.90 Å². The highest BCUT2D eigenvalue weighted by molar-refractivity contribution is 6.80. The van der Waals surface area contributed by atoms with Crippen molar-refractivity contribution in [1.82, 2.24) is 4.90 Å². The van der Waals surface area contributed by atoms with Crippen LogP contribution < -0.4 is 0 Å². The molecule has 0 radical (unpaired) electrons. The van der Waals surface area contributed by atoms with E-state index in [9.17, 15) is 0 Å². The van der Waals surface area contributed by atoms with E-state index in [2.05, 4.69) is 52.9 Å². The molecule has 0 fully saturated rings. The van der Waals surface area contributed by atoms with Crippen LogP contribution in [0.1, 0.15) is 27.2 Å². The third kappa shape index (κ3) is 3.25. The van der Waals surface area contributed by atoms with Crippen LogP contribution >= 0.6 is 0 Å². The van der Waals surface area contributed by atoms with E-state index in [0.29, 0.717) is 5.67 Å². The molecule has 0 aromatic rings. The molecule has 0 saturated carbocycles. The molecule has 0 spiro atoms. The Balaban J connectivity index is 4.83. The standard InChI is InChI=1S/C12H27NSi/c1-8-10-14(7,9-2)12(11(3)4)13(5)6/h12H,3,8-10H2,1-2,4-7H3. The van der Waals surface area contributed by atoms with Crippen LogP contribution in [0, 0.1) is 0 Å². The van der Waals surface area contributed by atoms with Gasteiger partial charge in [-0.25, -0.2) is 0 Å². The fourth-order valence-electron chi connectivity index (χ4n) is 2.74. The third-order valence-corrected chi connectivity index (χ3v) is 8.86. The zero-order valence-corrected chi connectivity index (χ0v) is 11.9. The average molecular weight is 213 g/mol. The molecule has 0 N–H and O–H groups in total. The quantitative estimate of drug-likeness (QED) is 0.482. The summed E-state index contributed by atoms with van der Waals surface area (Å²) in [5.74, 6) is 0. The normalized spacial score (nSPS) is 17.9. The monoisotopic (exact) mass is 213 g/mol. The Labute approximate surface area is 91.2 Å². The maximum Gasteiger partial charge on any atom is 0.0747 e. The first-order valence-electron chi connectivity index (χ1n) is 5.70. The van der Waals surface area contributed by atoms with Gasteiger partial charge in [0, 0.05) is 5.67 Å². The zero-order valence-electron chi connectivity index (χ0n) is 10.9. The smallest absolute Gasteiger partial charge is 0.0747 e. The number of hydrogen-bond donors (Lipinski definition) is 0. The molecule has 0 heterocycles. The minimum Gasteiger partial charge on any atom is -0.305 e. The molecular weight excluding hydrogens is 186 g/mol. The summed E-state index contributed by atoms with van der Waals surface area (Å²) >= 11 is 0. The lowest BCUT2D eigenvalue weighted by molar-refractivity contribution is 0.394. The highest BCUT2D eigenvalue weighted by Crippen LogP contribution is 2.27. The Morgan fingerprint density at radius 2 is 1.86 bits per heavy atom. The molecule has 0 aromatic carbocycles. The van der Waals surface area contributed by atoms with Gasteiger partial charge in [-0.05, 0) is 21.0 Å². The van der Waals surface area contributed by atoms with Crippen molar-refractivity contribution in [3.05, 3.63) is 12.2 Å². The van der Waals surface area contributed by atoms with Crippen molar-refractivity contribution < 1.29 is 0 Å². The number of hydrogen-bond acceptors (Lipinski definition) is 1. The van der Waals surface area contributed by atoms with Gasteiger partial charge in [-0.15, -0.1) is 0 Å². The summed E-state index contributed by atoms with van der Waals surface area (Å²) in [6.07, 6.45) is 1.31. The Kier molecular flexibility index (Phi) is 5.68. The molecule has 0 bridgehead atoms. The fourth-order valence-corrected chi connectivity index (χ4v) is 7.33. The van der Waals surface area contributed by atoms with E-state index >= 15 is 0 Å². The molecule has 0 rings (SSSR count). The maximum atomic E-state index is 4.17. The molecule has 1 nitrogen and oxygen atoms in total. The first-order chi connectivity index (χ1) is 6.39. The largest absolute Gasteiger partial charge is 0.305 e. The van der Waals surface area contributed by atoms with Gasteiger partial charge in [0.25, 0.3) is 0 Å². The summed E-state index contributed by atoms with van der Waals surface area (Å²) < 4.78 is 0. The van der Waals surface area contributed by atoms with Crippen molar-refractivity contribution in [3.8, 4) is 0 Å². The molecule has 0 saturated heterocycles. The topological polar surface area (TPSA) is 3.24 Å². The molecule has 0 aromatic heterocycles. The first-order valence-corrected chi connectivity index (χ1v) is 8.70. The van der Waals surface area contributed by atoms with Crippen molar-refractivity contribution in [3.63, 3.8) is 0 Å². The van der Waals surface area contributed by atoms with Crippen LogP contribution in [-0.2, 0) is 0 Å². The van der Waals surface area contributed by atoms with Gasteiger partial charge in [0.2, 0.25) is 0 Å². The minimum atomic E-state index is -1.15. The highest BCUT2D eigenvalue weighted by Gasteiger charge is 2.35. The van der Waals surface area contributed by atoms with E-state index in [-0.39, 0.29) is 0 Å². The van der Waals surface area contributed by atoms with Crippen LogP contribution in [0.3, 0.4) is 0 Å². The fraction of sp³-hybridized carbons (Fsp3) is 0.833. The lowest BCUT2D eigenvalue weighted by Crippen LogP contribution is -2.52. The van der Waals surface area contributed by atoms with Gasteiger partial charge in [-0.1, -0.05) is 51.1 Å². The van der Waals surface area contributed by atoms with Crippen LogP contribution in [0.15, 0.2) is 12.2 Å². The summed E-state index contributed by atoms with van der Waals surface area (Å²) in [5, 5.41) is 0. The second-order valence-corrected chi connectivity index (χ2v) is 10.0. The summed E-state index contributed by atoms with van der Waals surface area (Å²) in [7, 11) is 3.23. The summed E-state index contributed by atoms with van der Waals surface area (Å²) in [6, 6.07) is 2.77. The molecule has 2 heteroatoms. The predicted molar refractivity (Wildman–Crippen MR) is 69.5 cm³/mol. The lowest BCUT2D eigenvalue weighted by atomic mass is 10.3. The van der Waals surface area contributed by atoms with Crippen molar-refractivity contribution in [1.29, 1.82) is 0 Å². The molecule has 14 heavy (non-hydrogen) atoms. The highest BCUT2D eigenvalue weighted by atomic mass is 28.3. The summed E-state index contributed by atoms with van der Waals surface area (Å²) in [6.45, 7) is 13.5. The molecule has 0 amide bonds. The van der Waals surface area contributed by atoms with Crippen LogP contribution in [0.5, 0.6) is 0 Å². The Hall–Kier alpha value is -0.0831. The molecule has 84 valence electrons. The molecule has 0 aliphatic carbocycles. The summed E-state index contributed by atoms with van der Waals surface area (Å²) in [4.78, 5) is 2.37. The van der Waals surface area contributed by atoms with Gasteiger partial charge in [-0.3, -0.25) is 0 Å². The van der Waals surface area contributed by atoms with Gasteiger partial charge in [-0.2, -0.15) is 0 Å². The zero-order chi connectivity index (χ0) is 11.4. The Bertz CT molecular complexity index is 189. The number of likely N-dealkylation sites (N-methyl/N-ethyl adjacent to an activating group) is 1. The minimum absolute atomic E-state index is 0.646. The van der Waals surface area contributed by atoms with E-state index in [4.69, 9.17) is 0 Å². The van der Waals surface area contributed by atoms with Crippen LogP contribution in [0.25, 0.3) is 0 Å². The second-order valence-electron chi connectivity index (χ2n) is 4.97. The van der Waals surface area contributed by atoms with Crippen molar-refractivity contribution in [2.75, 3.05) is 14.1 Å². The van der Waals surface area contributed by atoms with Crippen LogP contribution in [-0.4, -0.2) is 32.7 Å². The van der Waals surface area contributed by atoms with E-state index in [1.807, 2.05) is 0 Å². The van der Waals surface area contributed by atoms with Crippen molar-refractivity contribution in [2.24, 2.45) is 0 Å². The van der Waals surface area contributed by atoms with Crippen LogP contribution in [0.4, 0.5) is 0 Å². The van der Waals surface area contributed by atoms with Crippen molar-refractivity contribution >= 4 is 8.07 Å². The molecular formula is C12H27NSi. The second kappa shape index (κ2) is 5.71. The maximum absolute atomic E-state index is 4.17. The van der Waals surface area contributed by atoms with Gasteiger partial charge in [0.15, 0.2) is 0 Å². The Morgan fingerprint density at radius 3 is 2.07 bits per heavy atom. The molecule has 0 aliphatic rings. The first kappa shape index (κ1) is 13.9. The van der Waals surface area contributed by atoms with E-state index in [1.54, 1.807) is 0 Å². The molecule has 2 atom stereocenters. The van der Waals surface area contributed by atoms with Gasteiger partial charge >= 0.3 is 0 Å². The van der Waals surface area contributed by atoms with Crippen LogP contribution in [0.2, 0.25) is 18.6 Å². The lowest BCUT2D eigenvalue weighted by Gasteiger charge is -2.40. The third-order valence-electron chi connectivity index (χ3n) is 3.27. The SMILES string of the molecule is C=C(C)C(N(C)C)[Si](C)(CC)CCC. The summed E-state index contributed by atoms with van der Waals surface area (Å²) in [5.41, 5.74) is 1.99. The number of nitrogens with zero attached hydrogens (tertiary/aromatic N) is 1. The van der Waals surface area contributed by atoms with Crippen molar-refractivity contribution in [2.45, 2.75) is 51.5 Å². The van der Waals surface area contributed by atoms with Gasteiger partial charge in [0.05, 0.1) is 8.07 Å². The number of rotatable bonds is 6.